The van der Waals surface area contributed by atoms with Gasteiger partial charge in [0, 0.05) is 18.7 Å². The van der Waals surface area contributed by atoms with Crippen molar-refractivity contribution < 1.29 is 22.3 Å². The number of sulfonamides is 1. The normalized spacial score (nSPS) is 15.0. The van der Waals surface area contributed by atoms with Crippen LogP contribution in [0.4, 0.5) is 4.39 Å². The molecule has 0 radical (unpaired) electrons. The number of nitrogens with two attached hydrogens (primary N) is 1. The second-order valence-electron chi connectivity index (χ2n) is 4.99. The van der Waals surface area contributed by atoms with Gasteiger partial charge in [0.1, 0.15) is 5.82 Å². The van der Waals surface area contributed by atoms with E-state index in [9.17, 15) is 17.6 Å². The predicted octanol–water partition coefficient (Wildman–Crippen LogP) is 0.629. The van der Waals surface area contributed by atoms with Crippen LogP contribution in [0.3, 0.4) is 0 Å². The summed E-state index contributed by atoms with van der Waals surface area (Å²) in [7, 11) is -4.06. The molecule has 6 nitrogen and oxygen atoms in total. The molecule has 0 atom stereocenters. The van der Waals surface area contributed by atoms with E-state index in [1.165, 1.54) is 12.8 Å². The van der Waals surface area contributed by atoms with Gasteiger partial charge in [-0.1, -0.05) is 0 Å². The zero-order chi connectivity index (χ0) is 15.5. The van der Waals surface area contributed by atoms with E-state index in [1.54, 1.807) is 0 Å². The Morgan fingerprint density at radius 2 is 2.10 bits per heavy atom. The molecule has 1 aromatic carbocycles. The minimum Gasteiger partial charge on any atom is -0.379 e. The highest BCUT2D eigenvalue weighted by atomic mass is 32.2. The van der Waals surface area contributed by atoms with E-state index in [0.29, 0.717) is 19.1 Å². The Hall–Kier alpha value is -1.51. The highest BCUT2D eigenvalue weighted by Gasteiger charge is 2.21. The van der Waals surface area contributed by atoms with Crippen LogP contribution in [0, 0.1) is 11.7 Å². The Morgan fingerprint density at radius 1 is 1.38 bits per heavy atom. The molecule has 1 saturated carbocycles. The molecule has 0 spiro atoms. The van der Waals surface area contributed by atoms with Gasteiger partial charge in [-0.05, 0) is 37.0 Å². The molecular weight excluding hydrogens is 299 g/mol. The molecule has 2 rings (SSSR count). The first-order valence-corrected chi connectivity index (χ1v) is 8.10. The highest BCUT2D eigenvalue weighted by Crippen LogP contribution is 2.28. The Labute approximate surface area is 122 Å². The van der Waals surface area contributed by atoms with Crippen LogP contribution in [0.15, 0.2) is 23.1 Å². The summed E-state index contributed by atoms with van der Waals surface area (Å²) in [6, 6.07) is 2.76. The Morgan fingerprint density at radius 3 is 2.71 bits per heavy atom. The number of amides is 1. The van der Waals surface area contributed by atoms with Gasteiger partial charge < -0.3 is 10.1 Å². The Bertz CT molecular complexity index is 629. The quantitative estimate of drug-likeness (QED) is 0.721. The molecule has 1 aromatic rings. The summed E-state index contributed by atoms with van der Waals surface area (Å²) in [5.74, 6) is -0.771. The van der Waals surface area contributed by atoms with E-state index in [2.05, 4.69) is 5.32 Å². The van der Waals surface area contributed by atoms with Gasteiger partial charge in [0.15, 0.2) is 0 Å². The van der Waals surface area contributed by atoms with Gasteiger partial charge in [0.25, 0.3) is 5.91 Å². The standard InChI is InChI=1S/C13H17FN2O4S/c14-11-5-10(6-12(7-11)21(15,18)19)13(17)16-3-4-20-8-9-1-2-9/h5-7,9H,1-4,8H2,(H,16,17)(H2,15,18,19). The fraction of sp³-hybridized carbons (Fsp3) is 0.462. The minimum absolute atomic E-state index is 0.0961. The van der Waals surface area contributed by atoms with E-state index in [0.717, 1.165) is 18.2 Å². The molecule has 1 aliphatic carbocycles. The van der Waals surface area contributed by atoms with Crippen molar-refractivity contribution in [3.8, 4) is 0 Å². The number of primary sulfonamides is 1. The third-order valence-corrected chi connectivity index (χ3v) is 3.94. The number of nitrogens with one attached hydrogen (secondary N) is 1. The van der Waals surface area contributed by atoms with Crippen molar-refractivity contribution in [2.75, 3.05) is 19.8 Å². The van der Waals surface area contributed by atoms with Crippen molar-refractivity contribution >= 4 is 15.9 Å². The minimum atomic E-state index is -4.06. The van der Waals surface area contributed by atoms with Crippen LogP contribution < -0.4 is 10.5 Å². The van der Waals surface area contributed by atoms with Crippen molar-refractivity contribution in [2.24, 2.45) is 11.1 Å². The molecule has 0 bridgehead atoms. The number of halogens is 1. The zero-order valence-electron chi connectivity index (χ0n) is 11.3. The molecule has 1 aliphatic rings. The van der Waals surface area contributed by atoms with Gasteiger partial charge in [-0.3, -0.25) is 4.79 Å². The number of ether oxygens (including phenoxy) is 1. The molecule has 0 heterocycles. The molecule has 0 aromatic heterocycles. The molecule has 8 heteroatoms. The fourth-order valence-electron chi connectivity index (χ4n) is 1.73. The first-order valence-electron chi connectivity index (χ1n) is 6.55. The molecule has 0 aliphatic heterocycles. The number of benzene rings is 1. The lowest BCUT2D eigenvalue weighted by Gasteiger charge is -2.07. The zero-order valence-corrected chi connectivity index (χ0v) is 12.2. The van der Waals surface area contributed by atoms with Crippen molar-refractivity contribution in [3.63, 3.8) is 0 Å². The Kier molecular flexibility index (Phi) is 4.92. The third-order valence-electron chi connectivity index (χ3n) is 3.04. The van der Waals surface area contributed by atoms with Gasteiger partial charge in [-0.2, -0.15) is 0 Å². The van der Waals surface area contributed by atoms with Crippen LogP contribution >= 0.6 is 0 Å². The fourth-order valence-corrected chi connectivity index (χ4v) is 2.30. The largest absolute Gasteiger partial charge is 0.379 e. The molecule has 21 heavy (non-hydrogen) atoms. The summed E-state index contributed by atoms with van der Waals surface area (Å²) in [6.45, 7) is 1.32. The lowest BCUT2D eigenvalue weighted by molar-refractivity contribution is 0.0906. The van der Waals surface area contributed by atoms with Crippen LogP contribution in [0.25, 0.3) is 0 Å². The first-order chi connectivity index (χ1) is 9.86. The number of rotatable bonds is 7. The van der Waals surface area contributed by atoms with E-state index >= 15 is 0 Å². The topological polar surface area (TPSA) is 98.5 Å². The van der Waals surface area contributed by atoms with Crippen molar-refractivity contribution in [1.29, 1.82) is 0 Å². The van der Waals surface area contributed by atoms with Crippen molar-refractivity contribution in [2.45, 2.75) is 17.7 Å². The molecule has 0 saturated heterocycles. The number of hydrogen-bond donors (Lipinski definition) is 2. The number of carbonyl (C=O) groups excluding carboxylic acids is 1. The van der Waals surface area contributed by atoms with Gasteiger partial charge in [0.2, 0.25) is 10.0 Å². The van der Waals surface area contributed by atoms with Crippen LogP contribution in [0.1, 0.15) is 23.2 Å². The van der Waals surface area contributed by atoms with Gasteiger partial charge in [-0.25, -0.2) is 17.9 Å². The second kappa shape index (κ2) is 6.50. The average Bonchev–Trinajstić information content (AvgIpc) is 3.20. The van der Waals surface area contributed by atoms with Crippen molar-refractivity contribution in [3.05, 3.63) is 29.6 Å². The van der Waals surface area contributed by atoms with Crippen LogP contribution in [0.5, 0.6) is 0 Å². The summed E-state index contributed by atoms with van der Waals surface area (Å²) >= 11 is 0. The monoisotopic (exact) mass is 316 g/mol. The number of hydrogen-bond acceptors (Lipinski definition) is 4. The van der Waals surface area contributed by atoms with E-state index in [-0.39, 0.29) is 12.1 Å². The van der Waals surface area contributed by atoms with Gasteiger partial charge in [-0.15, -0.1) is 0 Å². The smallest absolute Gasteiger partial charge is 0.251 e. The molecule has 0 unspecified atom stereocenters. The average molecular weight is 316 g/mol. The molecule has 1 amide bonds. The number of carbonyl (C=O) groups is 1. The SMILES string of the molecule is NS(=O)(=O)c1cc(F)cc(C(=O)NCCOCC2CC2)c1. The van der Waals surface area contributed by atoms with E-state index in [1.807, 2.05) is 0 Å². The summed E-state index contributed by atoms with van der Waals surface area (Å²) in [5, 5.41) is 7.46. The summed E-state index contributed by atoms with van der Waals surface area (Å²) in [5.41, 5.74) is -0.0961. The molecule has 3 N–H and O–H groups in total. The summed E-state index contributed by atoms with van der Waals surface area (Å²) < 4.78 is 41.0. The molecule has 1 fully saturated rings. The van der Waals surface area contributed by atoms with E-state index in [4.69, 9.17) is 9.88 Å². The highest BCUT2D eigenvalue weighted by molar-refractivity contribution is 7.89. The lowest BCUT2D eigenvalue weighted by Crippen LogP contribution is -2.28. The molecule has 116 valence electrons. The van der Waals surface area contributed by atoms with Gasteiger partial charge >= 0.3 is 0 Å². The van der Waals surface area contributed by atoms with Crippen LogP contribution in [-0.2, 0) is 14.8 Å². The first kappa shape index (κ1) is 15.9. The maximum Gasteiger partial charge on any atom is 0.251 e. The van der Waals surface area contributed by atoms with Gasteiger partial charge in [0.05, 0.1) is 11.5 Å². The summed E-state index contributed by atoms with van der Waals surface area (Å²) in [6.07, 6.45) is 2.37. The lowest BCUT2D eigenvalue weighted by atomic mass is 10.2. The Balaban J connectivity index is 1.90. The third kappa shape index (κ3) is 5.07. The van der Waals surface area contributed by atoms with Crippen molar-refractivity contribution in [1.82, 2.24) is 5.32 Å². The van der Waals surface area contributed by atoms with Crippen LogP contribution in [0.2, 0.25) is 0 Å². The molecular formula is C13H17FN2O4S. The predicted molar refractivity (Wildman–Crippen MR) is 73.6 cm³/mol. The summed E-state index contributed by atoms with van der Waals surface area (Å²) in [4.78, 5) is 11.4. The maximum atomic E-state index is 13.3. The second-order valence-corrected chi connectivity index (χ2v) is 6.56. The van der Waals surface area contributed by atoms with Crippen LogP contribution in [-0.4, -0.2) is 34.1 Å². The maximum absolute atomic E-state index is 13.3. The van der Waals surface area contributed by atoms with E-state index < -0.39 is 26.6 Å².